The van der Waals surface area contributed by atoms with Crippen molar-refractivity contribution in [1.82, 2.24) is 5.32 Å². The summed E-state index contributed by atoms with van der Waals surface area (Å²) in [5.74, 6) is -0.279. The molecule has 1 heterocycles. The molecule has 1 atom stereocenters. The molecule has 45 heavy (non-hydrogen) atoms. The van der Waals surface area contributed by atoms with Crippen molar-refractivity contribution in [2.75, 3.05) is 10.2 Å². The number of Topliss-reactive ketones (excluding diaryl/α,β-unsaturated/α-hetero) is 1. The standard InChI is InChI=1S/C36H40ClN3O5/c1-35(2,3)39-30(43)16-17-31(44)40-27-12-9-13-28(41)33(27)38-26-19-36(4,5)20-29(42)32(26)34(40)24-15-14-23(18-25(24)37)45-21-22-10-7-6-8-11-22/h6-15,18,34,38,41H,16-17,19-21H2,1-5H3,(H,39,43). The number of hydrogen-bond donors (Lipinski definition) is 3. The lowest BCUT2D eigenvalue weighted by Crippen LogP contribution is -2.42. The van der Waals surface area contributed by atoms with Gasteiger partial charge in [-0.25, -0.2) is 0 Å². The Hall–Kier alpha value is -4.30. The first-order valence-electron chi connectivity index (χ1n) is 15.2. The molecule has 1 unspecified atom stereocenters. The van der Waals surface area contributed by atoms with Crippen LogP contribution in [0.25, 0.3) is 0 Å². The number of para-hydroxylation sites is 1. The largest absolute Gasteiger partial charge is 0.506 e. The lowest BCUT2D eigenvalue weighted by atomic mass is 9.73. The van der Waals surface area contributed by atoms with Crippen molar-refractivity contribution in [2.24, 2.45) is 5.41 Å². The van der Waals surface area contributed by atoms with Crippen LogP contribution in [0.2, 0.25) is 5.02 Å². The van der Waals surface area contributed by atoms with Crippen LogP contribution in [0.5, 0.6) is 11.5 Å². The van der Waals surface area contributed by atoms with Crippen LogP contribution in [0, 0.1) is 5.41 Å². The number of phenolic OH excluding ortho intramolecular Hbond substituents is 1. The second-order valence-electron chi connectivity index (χ2n) is 13.6. The molecule has 2 amide bonds. The second-order valence-corrected chi connectivity index (χ2v) is 14.0. The van der Waals surface area contributed by atoms with Gasteiger partial charge in [0.15, 0.2) is 5.78 Å². The monoisotopic (exact) mass is 629 g/mol. The normalized spacial score (nSPS) is 17.5. The first-order valence-corrected chi connectivity index (χ1v) is 15.5. The average Bonchev–Trinajstić information content (AvgIpc) is 3.09. The van der Waals surface area contributed by atoms with Crippen LogP contribution in [0.4, 0.5) is 11.4 Å². The van der Waals surface area contributed by atoms with Crippen LogP contribution in [-0.4, -0.2) is 28.2 Å². The molecule has 3 aromatic rings. The van der Waals surface area contributed by atoms with Gasteiger partial charge in [-0.05, 0) is 68.0 Å². The minimum atomic E-state index is -0.909. The van der Waals surface area contributed by atoms with Crippen LogP contribution >= 0.6 is 11.6 Å². The van der Waals surface area contributed by atoms with E-state index in [-0.39, 0.29) is 48.0 Å². The van der Waals surface area contributed by atoms with E-state index >= 15 is 0 Å². The highest BCUT2D eigenvalue weighted by Gasteiger charge is 2.44. The number of carbonyl (C=O) groups excluding carboxylic acids is 3. The number of carbonyl (C=O) groups is 3. The molecule has 8 nitrogen and oxygen atoms in total. The molecule has 2 aliphatic rings. The van der Waals surface area contributed by atoms with E-state index in [0.29, 0.717) is 52.0 Å². The first-order chi connectivity index (χ1) is 21.2. The van der Waals surface area contributed by atoms with Gasteiger partial charge in [-0.15, -0.1) is 0 Å². The van der Waals surface area contributed by atoms with E-state index < -0.39 is 11.6 Å². The summed E-state index contributed by atoms with van der Waals surface area (Å²) in [6.07, 6.45) is 0.627. The van der Waals surface area contributed by atoms with Crippen LogP contribution in [0.3, 0.4) is 0 Å². The van der Waals surface area contributed by atoms with E-state index in [0.717, 1.165) is 5.56 Å². The average molecular weight is 630 g/mol. The lowest BCUT2D eigenvalue weighted by Gasteiger charge is -2.37. The molecule has 0 saturated carbocycles. The highest BCUT2D eigenvalue weighted by atomic mass is 35.5. The Labute approximate surface area is 269 Å². The molecule has 0 fully saturated rings. The van der Waals surface area contributed by atoms with Gasteiger partial charge in [-0.2, -0.15) is 0 Å². The van der Waals surface area contributed by atoms with Crippen molar-refractivity contribution in [1.29, 1.82) is 0 Å². The molecule has 1 aliphatic carbocycles. The van der Waals surface area contributed by atoms with Gasteiger partial charge in [-0.3, -0.25) is 19.3 Å². The zero-order valence-electron chi connectivity index (χ0n) is 26.4. The molecular formula is C36H40ClN3O5. The van der Waals surface area contributed by atoms with Gasteiger partial charge in [0.1, 0.15) is 23.8 Å². The molecule has 236 valence electrons. The Kier molecular flexibility index (Phi) is 8.99. The summed E-state index contributed by atoms with van der Waals surface area (Å²) in [4.78, 5) is 42.5. The van der Waals surface area contributed by atoms with Gasteiger partial charge in [0.25, 0.3) is 0 Å². The molecule has 0 radical (unpaired) electrons. The minimum absolute atomic E-state index is 0.0478. The Morgan fingerprint density at radius 3 is 2.47 bits per heavy atom. The third-order valence-electron chi connectivity index (χ3n) is 7.87. The molecule has 3 N–H and O–H groups in total. The molecule has 1 aliphatic heterocycles. The van der Waals surface area contributed by atoms with Crippen molar-refractivity contribution in [3.8, 4) is 11.5 Å². The number of ether oxygens (including phenoxy) is 1. The predicted octanol–water partition coefficient (Wildman–Crippen LogP) is 7.46. The number of nitrogens with zero attached hydrogens (tertiary/aromatic N) is 1. The van der Waals surface area contributed by atoms with E-state index in [1.165, 1.54) is 11.0 Å². The Morgan fingerprint density at radius 2 is 1.78 bits per heavy atom. The predicted molar refractivity (Wildman–Crippen MR) is 176 cm³/mol. The maximum Gasteiger partial charge on any atom is 0.228 e. The van der Waals surface area contributed by atoms with Gasteiger partial charge in [-0.1, -0.05) is 67.9 Å². The van der Waals surface area contributed by atoms with Gasteiger partial charge in [0, 0.05) is 41.1 Å². The molecule has 9 heteroatoms. The van der Waals surface area contributed by atoms with Gasteiger partial charge < -0.3 is 20.5 Å². The summed E-state index contributed by atoms with van der Waals surface area (Å²) in [6, 6.07) is 19.0. The number of hydrogen-bond acceptors (Lipinski definition) is 6. The summed E-state index contributed by atoms with van der Waals surface area (Å²) in [5.41, 5.74) is 2.50. The van der Waals surface area contributed by atoms with Crippen molar-refractivity contribution >= 4 is 40.6 Å². The fourth-order valence-corrected chi connectivity index (χ4v) is 6.27. The van der Waals surface area contributed by atoms with Crippen molar-refractivity contribution in [3.63, 3.8) is 0 Å². The number of halogens is 1. The van der Waals surface area contributed by atoms with Crippen LogP contribution in [-0.2, 0) is 21.0 Å². The number of amides is 2. The second kappa shape index (κ2) is 12.6. The molecule has 0 aromatic heterocycles. The molecule has 3 aromatic carbocycles. The maximum absolute atomic E-state index is 14.3. The van der Waals surface area contributed by atoms with E-state index in [1.807, 2.05) is 65.0 Å². The zero-order chi connectivity index (χ0) is 32.5. The summed E-state index contributed by atoms with van der Waals surface area (Å²) in [6.45, 7) is 10.0. The van der Waals surface area contributed by atoms with Gasteiger partial charge >= 0.3 is 0 Å². The first kappa shape index (κ1) is 32.1. The summed E-state index contributed by atoms with van der Waals surface area (Å²) < 4.78 is 6.01. The van der Waals surface area contributed by atoms with E-state index in [4.69, 9.17) is 16.3 Å². The number of nitrogens with one attached hydrogen (secondary N) is 2. The van der Waals surface area contributed by atoms with E-state index in [9.17, 15) is 19.5 Å². The summed E-state index contributed by atoms with van der Waals surface area (Å²) >= 11 is 6.98. The third kappa shape index (κ3) is 7.34. The number of allylic oxidation sites excluding steroid dienone is 1. The SMILES string of the molecule is CC1(C)CC(=O)C2=C(C1)Nc1c(O)cccc1N(C(=O)CCC(=O)NC(C)(C)C)C2c1ccc(OCc2ccccc2)cc1Cl. The topological polar surface area (TPSA) is 108 Å². The van der Waals surface area contributed by atoms with Gasteiger partial charge in [0.2, 0.25) is 11.8 Å². The fourth-order valence-electron chi connectivity index (χ4n) is 5.99. The van der Waals surface area contributed by atoms with Crippen molar-refractivity contribution in [2.45, 2.75) is 78.5 Å². The molecule has 0 spiro atoms. The van der Waals surface area contributed by atoms with Crippen molar-refractivity contribution < 1.29 is 24.2 Å². The van der Waals surface area contributed by atoms with Crippen LogP contribution in [0.15, 0.2) is 78.0 Å². The fraction of sp³-hybridized carbons (Fsp3) is 0.361. The Morgan fingerprint density at radius 1 is 1.04 bits per heavy atom. The van der Waals surface area contributed by atoms with E-state index in [1.54, 1.807) is 30.3 Å². The maximum atomic E-state index is 14.3. The van der Waals surface area contributed by atoms with Gasteiger partial charge in [0.05, 0.1) is 11.7 Å². The summed E-state index contributed by atoms with van der Waals surface area (Å²) in [7, 11) is 0. The molecule has 0 bridgehead atoms. The number of fused-ring (bicyclic) bond motifs is 1. The molecular weight excluding hydrogens is 590 g/mol. The third-order valence-corrected chi connectivity index (χ3v) is 8.20. The number of ketones is 1. The smallest absolute Gasteiger partial charge is 0.228 e. The quantitative estimate of drug-likeness (QED) is 0.234. The number of aromatic hydroxyl groups is 1. The number of phenols is 1. The number of benzene rings is 3. The lowest BCUT2D eigenvalue weighted by molar-refractivity contribution is -0.126. The Bertz CT molecular complexity index is 1660. The highest BCUT2D eigenvalue weighted by Crippen LogP contribution is 2.51. The zero-order valence-corrected chi connectivity index (χ0v) is 27.1. The highest BCUT2D eigenvalue weighted by molar-refractivity contribution is 6.31. The number of anilines is 2. The Balaban J connectivity index is 1.60. The number of rotatable bonds is 7. The van der Waals surface area contributed by atoms with Crippen molar-refractivity contribution in [3.05, 3.63) is 94.1 Å². The summed E-state index contributed by atoms with van der Waals surface area (Å²) in [5, 5.41) is 17.6. The molecule has 5 rings (SSSR count). The van der Waals surface area contributed by atoms with Crippen LogP contribution in [0.1, 0.15) is 77.5 Å². The molecule has 0 saturated heterocycles. The van der Waals surface area contributed by atoms with Crippen LogP contribution < -0.4 is 20.3 Å². The van der Waals surface area contributed by atoms with E-state index in [2.05, 4.69) is 10.6 Å². The minimum Gasteiger partial charge on any atom is -0.506 e.